The molecule has 0 saturated carbocycles. The minimum Gasteiger partial charge on any atom is -0.274 e. The van der Waals surface area contributed by atoms with Crippen LogP contribution < -0.4 is 10.4 Å². The molecule has 238 valence electrons. The summed E-state index contributed by atoms with van der Waals surface area (Å²) in [7, 11) is -4.17. The molecule has 0 bridgehead atoms. The summed E-state index contributed by atoms with van der Waals surface area (Å²) >= 11 is 2.85. The predicted molar refractivity (Wildman–Crippen MR) is 171 cm³/mol. The normalized spacial score (nSPS) is 14.4. The Balaban J connectivity index is 1.43. The van der Waals surface area contributed by atoms with Crippen LogP contribution in [0.4, 0.5) is 13.2 Å². The summed E-state index contributed by atoms with van der Waals surface area (Å²) in [6, 6.07) is 18.1. The van der Waals surface area contributed by atoms with Crippen LogP contribution in [0, 0.1) is 0 Å². The van der Waals surface area contributed by atoms with Crippen LogP contribution in [0.25, 0.3) is 16.8 Å². The lowest BCUT2D eigenvalue weighted by molar-refractivity contribution is -0.137. The standard InChI is InChI=1S/C31H31F3N4O4S3/c1-2-3-13-27-35-38(25-11-6-5-10-24(25)31(32,33)34)30(40)37(27)20-21-14-16-22(17-15-21)23-9-4-7-12-26(23)45(41,42)36-28(39)29-43-18-8-19-44-29/h4-7,9-12,14-17,29H,2-3,8,13,18-20H2,1H3,(H,36,39). The lowest BCUT2D eigenvalue weighted by Crippen LogP contribution is -2.37. The van der Waals surface area contributed by atoms with E-state index in [0.29, 0.717) is 35.4 Å². The highest BCUT2D eigenvalue weighted by Gasteiger charge is 2.35. The van der Waals surface area contributed by atoms with E-state index in [4.69, 9.17) is 0 Å². The number of unbranched alkanes of at least 4 members (excludes halogenated alkanes) is 1. The Labute approximate surface area is 267 Å². The van der Waals surface area contributed by atoms with Crippen molar-refractivity contribution in [3.05, 3.63) is 100 Å². The zero-order valence-electron chi connectivity index (χ0n) is 24.3. The Morgan fingerprint density at radius 1 is 1.00 bits per heavy atom. The fourth-order valence-corrected chi connectivity index (χ4v) is 8.95. The molecule has 0 radical (unpaired) electrons. The topological polar surface area (TPSA) is 103 Å². The summed E-state index contributed by atoms with van der Waals surface area (Å²) in [5, 5.41) is 4.31. The van der Waals surface area contributed by atoms with Gasteiger partial charge >= 0.3 is 11.9 Å². The average Bonchev–Trinajstić information content (AvgIpc) is 3.34. The van der Waals surface area contributed by atoms with E-state index in [2.05, 4.69) is 9.82 Å². The molecule has 0 atom stereocenters. The molecule has 1 saturated heterocycles. The van der Waals surface area contributed by atoms with Crippen LogP contribution in [0.1, 0.15) is 43.1 Å². The summed E-state index contributed by atoms with van der Waals surface area (Å²) in [5.74, 6) is 1.39. The van der Waals surface area contributed by atoms with Gasteiger partial charge in [-0.1, -0.05) is 67.9 Å². The molecule has 1 aliphatic heterocycles. The molecule has 4 aromatic rings. The number of hydrogen-bond acceptors (Lipinski definition) is 7. The summed E-state index contributed by atoms with van der Waals surface area (Å²) in [6.45, 7) is 2.02. The number of halogens is 3. The molecule has 14 heteroatoms. The van der Waals surface area contributed by atoms with E-state index in [1.165, 1.54) is 52.4 Å². The number of para-hydroxylation sites is 1. The Morgan fingerprint density at radius 3 is 2.36 bits per heavy atom. The van der Waals surface area contributed by atoms with Crippen molar-refractivity contribution in [1.82, 2.24) is 19.1 Å². The molecule has 3 aromatic carbocycles. The van der Waals surface area contributed by atoms with Crippen molar-refractivity contribution in [3.63, 3.8) is 0 Å². The van der Waals surface area contributed by atoms with Gasteiger partial charge in [-0.2, -0.15) is 17.9 Å². The van der Waals surface area contributed by atoms with Crippen molar-refractivity contribution in [2.75, 3.05) is 11.5 Å². The summed E-state index contributed by atoms with van der Waals surface area (Å²) in [4.78, 5) is 26.1. The lowest BCUT2D eigenvalue weighted by atomic mass is 10.0. The number of thioether (sulfide) groups is 2. The van der Waals surface area contributed by atoms with Crippen LogP contribution in [0.3, 0.4) is 0 Å². The van der Waals surface area contributed by atoms with Crippen molar-refractivity contribution < 1.29 is 26.4 Å². The first-order chi connectivity index (χ1) is 21.5. The average molecular weight is 677 g/mol. The van der Waals surface area contributed by atoms with E-state index in [-0.39, 0.29) is 17.1 Å². The van der Waals surface area contributed by atoms with Crippen molar-refractivity contribution in [2.24, 2.45) is 0 Å². The quantitative estimate of drug-likeness (QED) is 0.216. The van der Waals surface area contributed by atoms with E-state index in [1.54, 1.807) is 42.5 Å². The van der Waals surface area contributed by atoms with Crippen LogP contribution >= 0.6 is 23.5 Å². The number of aryl methyl sites for hydroxylation is 1. The number of carbonyl (C=O) groups is 1. The number of rotatable bonds is 10. The third kappa shape index (κ3) is 7.50. The molecular weight excluding hydrogens is 646 g/mol. The predicted octanol–water partition coefficient (Wildman–Crippen LogP) is 6.11. The highest BCUT2D eigenvalue weighted by Crippen LogP contribution is 2.34. The van der Waals surface area contributed by atoms with Crippen LogP contribution in [-0.2, 0) is 34.0 Å². The maximum absolute atomic E-state index is 13.7. The van der Waals surface area contributed by atoms with E-state index in [0.717, 1.165) is 35.1 Å². The number of nitrogens with one attached hydrogen (secondary N) is 1. The maximum atomic E-state index is 13.7. The van der Waals surface area contributed by atoms with Gasteiger partial charge in [0, 0.05) is 12.0 Å². The molecule has 1 aliphatic rings. The second kappa shape index (κ2) is 13.9. The molecule has 2 heterocycles. The molecule has 0 unspecified atom stereocenters. The SMILES string of the molecule is CCCCc1nn(-c2ccccc2C(F)(F)F)c(=O)n1Cc1ccc(-c2ccccc2S(=O)(=O)NC(=O)C2SCCCS2)cc1. The molecule has 5 rings (SSSR count). The van der Waals surface area contributed by atoms with E-state index >= 15 is 0 Å². The first-order valence-electron chi connectivity index (χ1n) is 14.3. The third-order valence-corrected chi connectivity index (χ3v) is 11.5. The van der Waals surface area contributed by atoms with Gasteiger partial charge in [-0.15, -0.1) is 28.6 Å². The van der Waals surface area contributed by atoms with Crippen molar-refractivity contribution in [2.45, 2.75) is 54.8 Å². The van der Waals surface area contributed by atoms with Crippen LogP contribution in [0.5, 0.6) is 0 Å². The lowest BCUT2D eigenvalue weighted by Gasteiger charge is -2.20. The van der Waals surface area contributed by atoms with Gasteiger partial charge in [-0.3, -0.25) is 9.36 Å². The Hall–Kier alpha value is -3.49. The highest BCUT2D eigenvalue weighted by molar-refractivity contribution is 8.18. The first kappa shape index (κ1) is 32.9. The largest absolute Gasteiger partial charge is 0.418 e. The molecule has 1 fully saturated rings. The van der Waals surface area contributed by atoms with Crippen molar-refractivity contribution in [3.8, 4) is 16.8 Å². The van der Waals surface area contributed by atoms with Gasteiger partial charge in [0.25, 0.3) is 15.9 Å². The molecule has 1 amide bonds. The molecule has 0 aliphatic carbocycles. The molecule has 1 N–H and O–H groups in total. The second-order valence-corrected chi connectivity index (χ2v) is 14.8. The minimum absolute atomic E-state index is 0.0420. The molecular formula is C31H31F3N4O4S3. The summed E-state index contributed by atoms with van der Waals surface area (Å²) < 4.78 is 71.7. The number of amides is 1. The molecule has 8 nitrogen and oxygen atoms in total. The monoisotopic (exact) mass is 676 g/mol. The van der Waals surface area contributed by atoms with Crippen LogP contribution in [-0.4, -0.2) is 44.8 Å². The van der Waals surface area contributed by atoms with Crippen molar-refractivity contribution >= 4 is 39.5 Å². The number of alkyl halides is 3. The number of carbonyl (C=O) groups excluding carboxylic acids is 1. The van der Waals surface area contributed by atoms with Gasteiger partial charge in [0.15, 0.2) is 0 Å². The maximum Gasteiger partial charge on any atom is 0.418 e. The first-order valence-corrected chi connectivity index (χ1v) is 17.9. The summed E-state index contributed by atoms with van der Waals surface area (Å²) in [5.41, 5.74) is -0.352. The van der Waals surface area contributed by atoms with Gasteiger partial charge in [0.1, 0.15) is 10.4 Å². The number of aromatic nitrogens is 3. The van der Waals surface area contributed by atoms with Gasteiger partial charge < -0.3 is 0 Å². The fraction of sp³-hybridized carbons (Fsp3) is 0.323. The van der Waals surface area contributed by atoms with Crippen LogP contribution in [0.2, 0.25) is 0 Å². The van der Waals surface area contributed by atoms with Gasteiger partial charge in [0.2, 0.25) is 0 Å². The minimum atomic E-state index is -4.67. The Bertz CT molecular complexity index is 1830. The smallest absolute Gasteiger partial charge is 0.274 e. The number of benzene rings is 3. The molecule has 45 heavy (non-hydrogen) atoms. The third-order valence-electron chi connectivity index (χ3n) is 7.19. The van der Waals surface area contributed by atoms with Gasteiger partial charge in [-0.25, -0.2) is 17.9 Å². The highest BCUT2D eigenvalue weighted by atomic mass is 32.2. The Kier molecular flexibility index (Phi) is 10.1. The van der Waals surface area contributed by atoms with E-state index in [1.807, 2.05) is 6.92 Å². The second-order valence-electron chi connectivity index (χ2n) is 10.4. The zero-order chi connectivity index (χ0) is 32.2. The fourth-order valence-electron chi connectivity index (χ4n) is 4.96. The molecule has 1 aromatic heterocycles. The number of hydrogen-bond donors (Lipinski definition) is 1. The van der Waals surface area contributed by atoms with Gasteiger partial charge in [0.05, 0.1) is 22.7 Å². The van der Waals surface area contributed by atoms with Crippen LogP contribution in [0.15, 0.2) is 82.5 Å². The van der Waals surface area contributed by atoms with E-state index in [9.17, 15) is 31.2 Å². The number of sulfonamides is 1. The summed E-state index contributed by atoms with van der Waals surface area (Å²) in [6.07, 6.45) is -1.81. The zero-order valence-corrected chi connectivity index (χ0v) is 26.7. The number of nitrogens with zero attached hydrogens (tertiary/aromatic N) is 3. The Morgan fingerprint density at radius 2 is 1.67 bits per heavy atom. The van der Waals surface area contributed by atoms with E-state index < -0.39 is 37.9 Å². The molecule has 0 spiro atoms. The van der Waals surface area contributed by atoms with Crippen molar-refractivity contribution in [1.29, 1.82) is 0 Å². The van der Waals surface area contributed by atoms with Gasteiger partial charge in [-0.05, 0) is 53.7 Å².